The van der Waals surface area contributed by atoms with Crippen molar-refractivity contribution in [3.8, 4) is 5.75 Å². The molecule has 0 unspecified atom stereocenters. The van der Waals surface area contributed by atoms with Crippen LogP contribution in [0.15, 0.2) is 48.5 Å². The number of halogens is 1. The number of piperazine rings is 1. The van der Waals surface area contributed by atoms with Gasteiger partial charge in [0.1, 0.15) is 18.2 Å². The Hall–Kier alpha value is -2.60. The maximum absolute atomic E-state index is 13.1. The molecule has 0 aromatic heterocycles. The number of benzene rings is 2. The van der Waals surface area contributed by atoms with E-state index in [0.717, 1.165) is 19.6 Å². The molecule has 0 bridgehead atoms. The monoisotopic (exact) mass is 371 g/mol. The van der Waals surface area contributed by atoms with Gasteiger partial charge in [0.2, 0.25) is 0 Å². The molecule has 2 aromatic rings. The summed E-state index contributed by atoms with van der Waals surface area (Å²) in [6.07, 6.45) is 0. The Morgan fingerprint density at radius 3 is 2.63 bits per heavy atom. The van der Waals surface area contributed by atoms with Crippen molar-refractivity contribution in [2.24, 2.45) is 0 Å². The first kappa shape index (κ1) is 19.2. The van der Waals surface area contributed by atoms with Crippen LogP contribution in [-0.2, 0) is 6.54 Å². The number of aryl methyl sites for hydroxylation is 1. The highest BCUT2D eigenvalue weighted by Crippen LogP contribution is 2.12. The van der Waals surface area contributed by atoms with Crippen molar-refractivity contribution in [3.63, 3.8) is 0 Å². The molecule has 0 radical (unpaired) electrons. The number of nitrogens with one attached hydrogen (secondary N) is 1. The molecule has 0 atom stereocenters. The van der Waals surface area contributed by atoms with Crippen molar-refractivity contribution in [3.05, 3.63) is 65.5 Å². The quantitative estimate of drug-likeness (QED) is 0.794. The van der Waals surface area contributed by atoms with Gasteiger partial charge in [0.05, 0.1) is 6.54 Å². The molecule has 2 amide bonds. The molecule has 1 aliphatic heterocycles. The van der Waals surface area contributed by atoms with Gasteiger partial charge in [0, 0.05) is 38.8 Å². The first-order valence-electron chi connectivity index (χ1n) is 9.29. The zero-order chi connectivity index (χ0) is 19.1. The lowest BCUT2D eigenvalue weighted by molar-refractivity contribution is 0.134. The van der Waals surface area contributed by atoms with Crippen molar-refractivity contribution in [1.29, 1.82) is 0 Å². The number of rotatable bonds is 6. The van der Waals surface area contributed by atoms with E-state index >= 15 is 0 Å². The molecule has 1 aliphatic rings. The second-order valence-corrected chi connectivity index (χ2v) is 6.79. The van der Waals surface area contributed by atoms with E-state index in [1.54, 1.807) is 12.1 Å². The second kappa shape index (κ2) is 9.37. The van der Waals surface area contributed by atoms with Gasteiger partial charge in [-0.25, -0.2) is 9.18 Å². The lowest BCUT2D eigenvalue weighted by Gasteiger charge is -2.34. The second-order valence-electron chi connectivity index (χ2n) is 6.79. The molecular formula is C21H26FN3O2. The number of carbonyl (C=O) groups excluding carboxylic acids is 1. The number of ether oxygens (including phenoxy) is 1. The fourth-order valence-electron chi connectivity index (χ4n) is 3.17. The standard InChI is InChI=1S/C21H26FN3O2/c1-17-4-2-5-18(14-17)16-24-9-11-25(12-10-24)21(26)23-8-13-27-20-7-3-6-19(22)15-20/h2-7,14-15H,8-13,16H2,1H3,(H,23,26). The van der Waals surface area contributed by atoms with Gasteiger partial charge in [0.25, 0.3) is 0 Å². The molecule has 2 aromatic carbocycles. The van der Waals surface area contributed by atoms with E-state index in [2.05, 4.69) is 41.4 Å². The van der Waals surface area contributed by atoms with Gasteiger partial charge in [-0.3, -0.25) is 4.90 Å². The van der Waals surface area contributed by atoms with Gasteiger partial charge in [-0.2, -0.15) is 0 Å². The number of urea groups is 1. The van der Waals surface area contributed by atoms with Gasteiger partial charge in [-0.15, -0.1) is 0 Å². The van der Waals surface area contributed by atoms with Crippen LogP contribution >= 0.6 is 0 Å². The van der Waals surface area contributed by atoms with Crippen LogP contribution in [0.1, 0.15) is 11.1 Å². The number of carbonyl (C=O) groups is 1. The van der Waals surface area contributed by atoms with Crippen molar-refractivity contribution < 1.29 is 13.9 Å². The summed E-state index contributed by atoms with van der Waals surface area (Å²) in [5.74, 6) is 0.133. The van der Waals surface area contributed by atoms with Crippen molar-refractivity contribution in [2.75, 3.05) is 39.3 Å². The van der Waals surface area contributed by atoms with E-state index in [1.165, 1.54) is 23.3 Å². The smallest absolute Gasteiger partial charge is 0.317 e. The van der Waals surface area contributed by atoms with Crippen molar-refractivity contribution >= 4 is 6.03 Å². The lowest BCUT2D eigenvalue weighted by Crippen LogP contribution is -2.51. The van der Waals surface area contributed by atoms with Crippen LogP contribution in [0.5, 0.6) is 5.75 Å². The average molecular weight is 371 g/mol. The van der Waals surface area contributed by atoms with Crippen molar-refractivity contribution in [2.45, 2.75) is 13.5 Å². The molecule has 144 valence electrons. The number of nitrogens with zero attached hydrogens (tertiary/aromatic N) is 2. The third-order valence-corrected chi connectivity index (χ3v) is 4.59. The van der Waals surface area contributed by atoms with Crippen LogP contribution in [0.2, 0.25) is 0 Å². The topological polar surface area (TPSA) is 44.8 Å². The minimum Gasteiger partial charge on any atom is -0.492 e. The van der Waals surface area contributed by atoms with E-state index < -0.39 is 0 Å². The summed E-state index contributed by atoms with van der Waals surface area (Å²) in [4.78, 5) is 16.4. The summed E-state index contributed by atoms with van der Waals surface area (Å²) in [6.45, 7) is 6.86. The van der Waals surface area contributed by atoms with Crippen LogP contribution in [0.4, 0.5) is 9.18 Å². The Balaban J connectivity index is 1.34. The van der Waals surface area contributed by atoms with Gasteiger partial charge in [-0.1, -0.05) is 35.9 Å². The van der Waals surface area contributed by atoms with Crippen LogP contribution in [0.3, 0.4) is 0 Å². The Bertz CT molecular complexity index is 761. The highest BCUT2D eigenvalue weighted by atomic mass is 19.1. The van der Waals surface area contributed by atoms with E-state index in [-0.39, 0.29) is 11.8 Å². The highest BCUT2D eigenvalue weighted by Gasteiger charge is 2.20. The Morgan fingerprint density at radius 2 is 1.89 bits per heavy atom. The molecular weight excluding hydrogens is 345 g/mol. The first-order valence-corrected chi connectivity index (χ1v) is 9.29. The molecule has 5 nitrogen and oxygen atoms in total. The highest BCUT2D eigenvalue weighted by molar-refractivity contribution is 5.74. The Labute approximate surface area is 159 Å². The van der Waals surface area contributed by atoms with Crippen LogP contribution < -0.4 is 10.1 Å². The Morgan fingerprint density at radius 1 is 1.11 bits per heavy atom. The van der Waals surface area contributed by atoms with E-state index in [1.807, 2.05) is 4.90 Å². The molecule has 0 aliphatic carbocycles. The van der Waals surface area contributed by atoms with E-state index in [0.29, 0.717) is 32.0 Å². The summed E-state index contributed by atoms with van der Waals surface area (Å²) in [7, 11) is 0. The molecule has 1 heterocycles. The zero-order valence-electron chi connectivity index (χ0n) is 15.7. The number of hydrogen-bond acceptors (Lipinski definition) is 3. The van der Waals surface area contributed by atoms with Gasteiger partial charge < -0.3 is 15.0 Å². The first-order chi connectivity index (χ1) is 13.1. The van der Waals surface area contributed by atoms with Crippen LogP contribution in [-0.4, -0.2) is 55.2 Å². The SMILES string of the molecule is Cc1cccc(CN2CCN(C(=O)NCCOc3cccc(F)c3)CC2)c1. The summed E-state index contributed by atoms with van der Waals surface area (Å²) in [6, 6.07) is 14.4. The average Bonchev–Trinajstić information content (AvgIpc) is 2.66. The van der Waals surface area contributed by atoms with Gasteiger partial charge >= 0.3 is 6.03 Å². The molecule has 27 heavy (non-hydrogen) atoms. The largest absolute Gasteiger partial charge is 0.492 e. The summed E-state index contributed by atoms with van der Waals surface area (Å²) in [5, 5.41) is 2.86. The minimum atomic E-state index is -0.333. The summed E-state index contributed by atoms with van der Waals surface area (Å²) < 4.78 is 18.5. The van der Waals surface area contributed by atoms with Gasteiger partial charge in [-0.05, 0) is 24.6 Å². The fourth-order valence-corrected chi connectivity index (χ4v) is 3.17. The van der Waals surface area contributed by atoms with Crippen LogP contribution in [0.25, 0.3) is 0 Å². The predicted molar refractivity (Wildman–Crippen MR) is 103 cm³/mol. The zero-order valence-corrected chi connectivity index (χ0v) is 15.7. The molecule has 0 spiro atoms. The molecule has 1 saturated heterocycles. The minimum absolute atomic E-state index is 0.0759. The van der Waals surface area contributed by atoms with Crippen molar-refractivity contribution in [1.82, 2.24) is 15.1 Å². The number of amides is 2. The lowest BCUT2D eigenvalue weighted by atomic mass is 10.1. The summed E-state index contributed by atoms with van der Waals surface area (Å²) in [5.41, 5.74) is 2.58. The van der Waals surface area contributed by atoms with Crippen LogP contribution in [0, 0.1) is 12.7 Å². The maximum Gasteiger partial charge on any atom is 0.317 e. The third kappa shape index (κ3) is 5.96. The fraction of sp³-hybridized carbons (Fsp3) is 0.381. The molecule has 1 fully saturated rings. The molecule has 1 N–H and O–H groups in total. The maximum atomic E-state index is 13.1. The predicted octanol–water partition coefficient (Wildman–Crippen LogP) is 3.04. The third-order valence-electron chi connectivity index (χ3n) is 4.59. The Kier molecular flexibility index (Phi) is 6.65. The van der Waals surface area contributed by atoms with E-state index in [9.17, 15) is 9.18 Å². The van der Waals surface area contributed by atoms with E-state index in [4.69, 9.17) is 4.74 Å². The van der Waals surface area contributed by atoms with Gasteiger partial charge in [0.15, 0.2) is 0 Å². The number of hydrogen-bond donors (Lipinski definition) is 1. The molecule has 6 heteroatoms. The summed E-state index contributed by atoms with van der Waals surface area (Å²) >= 11 is 0. The normalized spacial score (nSPS) is 14.8. The molecule has 0 saturated carbocycles. The molecule has 3 rings (SSSR count).